The molecule has 1 aliphatic heterocycles. The number of aromatic nitrogens is 1. The Kier molecular flexibility index (Phi) is 9.27. The Labute approximate surface area is 374 Å². The monoisotopic (exact) mass is 820 g/mol. The highest BCUT2D eigenvalue weighted by Crippen LogP contribution is 2.56. The zero-order chi connectivity index (χ0) is 42.4. The number of anilines is 8. The second-order valence-corrected chi connectivity index (χ2v) is 16.6. The Morgan fingerprint density at radius 2 is 0.891 bits per heavy atom. The van der Waals surface area contributed by atoms with Gasteiger partial charge < -0.3 is 19.7 Å². The molecule has 1 aliphatic carbocycles. The van der Waals surface area contributed by atoms with E-state index in [1.807, 2.05) is 6.07 Å². The number of rotatable bonds is 8. The molecular weight excluding hydrogens is 777 g/mol. The number of nitrogens with zero attached hydrogens (tertiary/aromatic N) is 3. The third-order valence-corrected chi connectivity index (χ3v) is 12.7. The average molecular weight is 821 g/mol. The fourth-order valence-electron chi connectivity index (χ4n) is 9.75. The summed E-state index contributed by atoms with van der Waals surface area (Å²) in [4.78, 5) is 4.87. The summed E-state index contributed by atoms with van der Waals surface area (Å²) < 4.78 is 2.46. The van der Waals surface area contributed by atoms with Crippen molar-refractivity contribution in [1.29, 1.82) is 0 Å². The molecule has 0 spiro atoms. The molecule has 1 aromatic heterocycles. The summed E-state index contributed by atoms with van der Waals surface area (Å²) in [6.45, 7) is 0. The van der Waals surface area contributed by atoms with Crippen molar-refractivity contribution in [3.63, 3.8) is 0 Å². The summed E-state index contributed by atoms with van der Waals surface area (Å²) in [6, 6.07) is 81.2. The lowest BCUT2D eigenvalue weighted by Crippen LogP contribution is -2.24. The predicted octanol–water partition coefficient (Wildman–Crippen LogP) is 16.6. The molecule has 1 N–H and O–H groups in total. The van der Waals surface area contributed by atoms with Crippen LogP contribution in [0.3, 0.4) is 0 Å². The molecule has 9 aromatic carbocycles. The maximum absolute atomic E-state index is 3.70. The third kappa shape index (κ3) is 6.56. The highest BCUT2D eigenvalue weighted by atomic mass is 15.3. The molecule has 0 saturated heterocycles. The van der Waals surface area contributed by atoms with Crippen LogP contribution in [0.15, 0.2) is 231 Å². The van der Waals surface area contributed by atoms with Gasteiger partial charge in [0.15, 0.2) is 0 Å². The first-order chi connectivity index (χ1) is 31.7. The van der Waals surface area contributed by atoms with Crippen LogP contribution in [-0.4, -0.2) is 4.57 Å². The molecule has 2 heterocycles. The van der Waals surface area contributed by atoms with Crippen LogP contribution >= 0.6 is 0 Å². The van der Waals surface area contributed by atoms with Crippen LogP contribution in [0.2, 0.25) is 0 Å². The number of para-hydroxylation sites is 4. The van der Waals surface area contributed by atoms with E-state index in [-0.39, 0.29) is 0 Å². The smallest absolute Gasteiger partial charge is 0.0709 e. The van der Waals surface area contributed by atoms with Gasteiger partial charge in [-0.05, 0) is 138 Å². The van der Waals surface area contributed by atoms with Crippen molar-refractivity contribution in [3.05, 3.63) is 242 Å². The van der Waals surface area contributed by atoms with Crippen molar-refractivity contribution in [3.8, 4) is 39.1 Å². The van der Waals surface area contributed by atoms with Crippen LogP contribution in [0.1, 0.15) is 17.7 Å². The number of hydrogen-bond donors (Lipinski definition) is 1. The molecule has 64 heavy (non-hydrogen) atoms. The molecule has 0 amide bonds. The zero-order valence-electron chi connectivity index (χ0n) is 35.3. The number of fused-ring (bicyclic) bond motifs is 5. The van der Waals surface area contributed by atoms with Crippen molar-refractivity contribution in [2.24, 2.45) is 0 Å². The van der Waals surface area contributed by atoms with Crippen molar-refractivity contribution in [2.45, 2.75) is 12.8 Å². The van der Waals surface area contributed by atoms with E-state index in [4.69, 9.17) is 0 Å². The first-order valence-electron chi connectivity index (χ1n) is 22.2. The lowest BCUT2D eigenvalue weighted by Gasteiger charge is -2.41. The van der Waals surface area contributed by atoms with Gasteiger partial charge in [0.2, 0.25) is 0 Å². The van der Waals surface area contributed by atoms with Crippen LogP contribution in [0, 0.1) is 0 Å². The number of benzene rings is 9. The molecular formula is C60H44N4. The van der Waals surface area contributed by atoms with Crippen LogP contribution in [-0.2, 0) is 6.42 Å². The fraction of sp³-hybridized carbons (Fsp3) is 0.0333. The van der Waals surface area contributed by atoms with Gasteiger partial charge in [0, 0.05) is 50.6 Å². The third-order valence-electron chi connectivity index (χ3n) is 12.7. The van der Waals surface area contributed by atoms with E-state index < -0.39 is 0 Å². The molecule has 304 valence electrons. The summed E-state index contributed by atoms with van der Waals surface area (Å²) in [7, 11) is 0. The van der Waals surface area contributed by atoms with Gasteiger partial charge >= 0.3 is 0 Å². The van der Waals surface area contributed by atoms with Crippen LogP contribution in [0.25, 0.3) is 56.0 Å². The van der Waals surface area contributed by atoms with E-state index >= 15 is 0 Å². The molecule has 0 radical (unpaired) electrons. The van der Waals surface area contributed by atoms with Gasteiger partial charge in [-0.2, -0.15) is 0 Å². The molecule has 0 saturated carbocycles. The highest BCUT2D eigenvalue weighted by molar-refractivity contribution is 6.04. The van der Waals surface area contributed by atoms with Crippen LogP contribution in [0.5, 0.6) is 0 Å². The van der Waals surface area contributed by atoms with Gasteiger partial charge in [-0.15, -0.1) is 0 Å². The van der Waals surface area contributed by atoms with E-state index in [1.165, 1.54) is 39.0 Å². The maximum Gasteiger partial charge on any atom is 0.0709 e. The molecule has 0 atom stereocenters. The standard InChI is InChI=1S/C60H44N4/c1-6-18-42(19-7-1)52-38-43(30-34-54(52)61-47-20-8-2-9-21-47)45-32-36-57-59(40-45)64(50-26-14-5-15-27-50)60-41-46(33-37-58(60)63(57)49-24-12-4-13-25-49)44-31-35-56-53(39-44)51-28-16-17-29-55(51)62(56)48-22-10-3-11-23-48/h1-16,18-28,30-41,61H,17,29H2. The molecule has 10 aromatic rings. The maximum atomic E-state index is 3.70. The second kappa shape index (κ2) is 15.8. The molecule has 0 fully saturated rings. The van der Waals surface area contributed by atoms with E-state index in [0.29, 0.717) is 0 Å². The lowest BCUT2D eigenvalue weighted by atomic mass is 9.94. The summed E-state index contributed by atoms with van der Waals surface area (Å²) >= 11 is 0. The quantitative estimate of drug-likeness (QED) is 0.165. The molecule has 4 nitrogen and oxygen atoms in total. The average Bonchev–Trinajstić information content (AvgIpc) is 3.70. The largest absolute Gasteiger partial charge is 0.355 e. The van der Waals surface area contributed by atoms with Gasteiger partial charge in [0.25, 0.3) is 0 Å². The van der Waals surface area contributed by atoms with Gasteiger partial charge in [0.05, 0.1) is 28.3 Å². The van der Waals surface area contributed by atoms with Gasteiger partial charge in [-0.1, -0.05) is 140 Å². The summed E-state index contributed by atoms with van der Waals surface area (Å²) in [5, 5.41) is 4.98. The van der Waals surface area contributed by atoms with Crippen molar-refractivity contribution in [1.82, 2.24) is 4.57 Å². The lowest BCUT2D eigenvalue weighted by molar-refractivity contribution is 0.888. The first kappa shape index (κ1) is 37.4. The molecule has 0 bridgehead atoms. The molecule has 4 heteroatoms. The van der Waals surface area contributed by atoms with Gasteiger partial charge in [-0.3, -0.25) is 0 Å². The topological polar surface area (TPSA) is 23.4 Å². The van der Waals surface area contributed by atoms with Gasteiger partial charge in [-0.25, -0.2) is 0 Å². The molecule has 12 rings (SSSR count). The van der Waals surface area contributed by atoms with Crippen LogP contribution in [0.4, 0.5) is 45.5 Å². The van der Waals surface area contributed by atoms with Crippen LogP contribution < -0.4 is 15.1 Å². The number of nitrogens with one attached hydrogen (secondary N) is 1. The SMILES string of the molecule is C1=Cc2c(n(-c3ccccc3)c3ccc(-c4ccc5c(c4)N(c4ccccc4)c4cc(-c6ccc(Nc7ccccc7)c(-c7ccccc7)c6)ccc4N5c4ccccc4)cc23)CC1. The van der Waals surface area contributed by atoms with E-state index in [9.17, 15) is 0 Å². The Morgan fingerprint density at radius 1 is 0.391 bits per heavy atom. The summed E-state index contributed by atoms with van der Waals surface area (Å²) in [5.41, 5.74) is 20.9. The van der Waals surface area contributed by atoms with E-state index in [2.05, 4.69) is 250 Å². The Hall–Kier alpha value is -8.34. The van der Waals surface area contributed by atoms with Crippen molar-refractivity contribution < 1.29 is 0 Å². The molecule has 2 aliphatic rings. The number of hydrogen-bond acceptors (Lipinski definition) is 3. The normalized spacial score (nSPS) is 12.8. The predicted molar refractivity (Wildman–Crippen MR) is 270 cm³/mol. The highest BCUT2D eigenvalue weighted by Gasteiger charge is 2.32. The van der Waals surface area contributed by atoms with E-state index in [1.54, 1.807) is 0 Å². The first-order valence-corrected chi connectivity index (χ1v) is 22.2. The minimum atomic E-state index is 1.02. The summed E-state index contributed by atoms with van der Waals surface area (Å²) in [6.07, 6.45) is 6.73. The minimum absolute atomic E-state index is 1.02. The second-order valence-electron chi connectivity index (χ2n) is 16.6. The Balaban J connectivity index is 1.03. The Morgan fingerprint density at radius 3 is 1.52 bits per heavy atom. The number of allylic oxidation sites excluding steroid dienone is 1. The molecule has 0 unspecified atom stereocenters. The fourth-order valence-corrected chi connectivity index (χ4v) is 9.75. The summed E-state index contributed by atoms with van der Waals surface area (Å²) in [5.74, 6) is 0. The zero-order valence-corrected chi connectivity index (χ0v) is 35.3. The van der Waals surface area contributed by atoms with Crippen molar-refractivity contribution in [2.75, 3.05) is 15.1 Å². The van der Waals surface area contributed by atoms with E-state index in [0.717, 1.165) is 80.6 Å². The minimum Gasteiger partial charge on any atom is -0.355 e. The van der Waals surface area contributed by atoms with Gasteiger partial charge in [0.1, 0.15) is 0 Å². The Bertz CT molecular complexity index is 3340. The van der Waals surface area contributed by atoms with Crippen molar-refractivity contribution >= 4 is 62.5 Å².